The van der Waals surface area contributed by atoms with Crippen LogP contribution < -0.4 is 5.73 Å². The maximum absolute atomic E-state index is 7.01. The summed E-state index contributed by atoms with van der Waals surface area (Å²) >= 11 is 0. The average molecular weight is 128 g/mol. The Bertz CT molecular complexity index is 84.9. The summed E-state index contributed by atoms with van der Waals surface area (Å²) in [5, 5.41) is 7.01. The van der Waals surface area contributed by atoms with E-state index in [4.69, 9.17) is 11.1 Å². The summed E-state index contributed by atoms with van der Waals surface area (Å²) in [5.74, 6) is 0.950. The Morgan fingerprint density at radius 2 is 1.89 bits per heavy atom. The number of hydrogen-bond donors (Lipinski definition) is 2. The van der Waals surface area contributed by atoms with Gasteiger partial charge in [0.1, 0.15) is 0 Å². The largest absolute Gasteiger partial charge is 0.388 e. The van der Waals surface area contributed by atoms with Gasteiger partial charge in [0.25, 0.3) is 0 Å². The molecule has 0 aromatic rings. The monoisotopic (exact) mass is 128 g/mol. The van der Waals surface area contributed by atoms with Gasteiger partial charge in [-0.15, -0.1) is 0 Å². The first kappa shape index (κ1) is 8.47. The Kier molecular flexibility index (Phi) is 4.10. The molecule has 0 fully saturated rings. The van der Waals surface area contributed by atoms with Crippen molar-refractivity contribution < 1.29 is 0 Å². The van der Waals surface area contributed by atoms with Crippen molar-refractivity contribution >= 4 is 5.84 Å². The van der Waals surface area contributed by atoms with Crippen LogP contribution in [0.4, 0.5) is 0 Å². The number of nitrogens with one attached hydrogen (secondary N) is 1. The molecule has 3 N–H and O–H groups in total. The minimum absolute atomic E-state index is 0.323. The first-order valence-corrected chi connectivity index (χ1v) is 3.53. The molecule has 0 spiro atoms. The highest BCUT2D eigenvalue weighted by molar-refractivity contribution is 5.77. The molecular formula is C7H16N2. The van der Waals surface area contributed by atoms with E-state index in [2.05, 4.69) is 13.8 Å². The molecule has 0 heterocycles. The fourth-order valence-corrected chi connectivity index (χ4v) is 0.888. The zero-order valence-corrected chi connectivity index (χ0v) is 6.28. The van der Waals surface area contributed by atoms with Gasteiger partial charge in [-0.05, 0) is 5.92 Å². The van der Waals surface area contributed by atoms with E-state index in [0.717, 1.165) is 19.3 Å². The highest BCUT2D eigenvalue weighted by atomic mass is 14.7. The molecule has 54 valence electrons. The minimum atomic E-state index is 0.323. The van der Waals surface area contributed by atoms with Gasteiger partial charge in [-0.1, -0.05) is 26.7 Å². The van der Waals surface area contributed by atoms with E-state index in [1.165, 1.54) is 0 Å². The fraction of sp³-hybridized carbons (Fsp3) is 0.857. The van der Waals surface area contributed by atoms with Crippen LogP contribution in [0.3, 0.4) is 0 Å². The topological polar surface area (TPSA) is 49.9 Å². The summed E-state index contributed by atoms with van der Waals surface area (Å²) in [6.45, 7) is 4.27. The van der Waals surface area contributed by atoms with Crippen molar-refractivity contribution in [2.75, 3.05) is 0 Å². The summed E-state index contributed by atoms with van der Waals surface area (Å²) in [6, 6.07) is 0. The molecule has 0 saturated carbocycles. The van der Waals surface area contributed by atoms with Gasteiger partial charge < -0.3 is 5.73 Å². The fourth-order valence-electron chi connectivity index (χ4n) is 0.888. The molecule has 0 radical (unpaired) electrons. The molecule has 2 heteroatoms. The Hall–Kier alpha value is -0.530. The molecule has 0 aliphatic heterocycles. The van der Waals surface area contributed by atoms with Gasteiger partial charge >= 0.3 is 0 Å². The van der Waals surface area contributed by atoms with Crippen LogP contribution in [-0.2, 0) is 0 Å². The lowest BCUT2D eigenvalue weighted by molar-refractivity contribution is 0.510. The van der Waals surface area contributed by atoms with Crippen molar-refractivity contribution in [3.63, 3.8) is 0 Å². The molecule has 0 amide bonds. The molecule has 9 heavy (non-hydrogen) atoms. The lowest BCUT2D eigenvalue weighted by atomic mass is 9.99. The first-order chi connectivity index (χ1) is 4.20. The second-order valence-corrected chi connectivity index (χ2v) is 2.41. The van der Waals surface area contributed by atoms with Gasteiger partial charge in [0.15, 0.2) is 0 Å². The Morgan fingerprint density at radius 3 is 2.00 bits per heavy atom. The molecule has 0 aliphatic carbocycles. The predicted octanol–water partition coefficient (Wildman–Crippen LogP) is 1.75. The van der Waals surface area contributed by atoms with E-state index in [1.807, 2.05) is 0 Å². The zero-order valence-electron chi connectivity index (χ0n) is 6.28. The Labute approximate surface area is 57.0 Å². The molecule has 0 saturated heterocycles. The van der Waals surface area contributed by atoms with Crippen LogP contribution in [0.1, 0.15) is 33.1 Å². The molecule has 0 bridgehead atoms. The number of nitrogens with two attached hydrogens (primary N) is 1. The van der Waals surface area contributed by atoms with E-state index in [-0.39, 0.29) is 0 Å². The van der Waals surface area contributed by atoms with Gasteiger partial charge in [-0.2, -0.15) is 0 Å². The molecule has 2 nitrogen and oxygen atoms in total. The van der Waals surface area contributed by atoms with E-state index < -0.39 is 0 Å². The predicted molar refractivity (Wildman–Crippen MR) is 40.6 cm³/mol. The number of hydrogen-bond acceptors (Lipinski definition) is 1. The second-order valence-electron chi connectivity index (χ2n) is 2.41. The quantitative estimate of drug-likeness (QED) is 0.440. The second kappa shape index (κ2) is 4.36. The normalized spacial score (nSPS) is 10.1. The number of amidine groups is 1. The van der Waals surface area contributed by atoms with E-state index in [0.29, 0.717) is 11.8 Å². The molecular weight excluding hydrogens is 112 g/mol. The maximum atomic E-state index is 7.01. The molecule has 0 aliphatic rings. The smallest absolute Gasteiger partial charge is 0.0908 e. The summed E-state index contributed by atoms with van der Waals surface area (Å²) in [4.78, 5) is 0. The third-order valence-electron chi connectivity index (χ3n) is 1.66. The summed E-state index contributed by atoms with van der Waals surface area (Å²) < 4.78 is 0. The van der Waals surface area contributed by atoms with Crippen molar-refractivity contribution in [1.82, 2.24) is 0 Å². The first-order valence-electron chi connectivity index (χ1n) is 3.53. The average Bonchev–Trinajstić information content (AvgIpc) is 1.82. The third kappa shape index (κ3) is 4.01. The van der Waals surface area contributed by atoms with Crippen LogP contribution in [0.15, 0.2) is 0 Å². The standard InChI is InChI=1S/C7H16N2/c1-3-6(4-2)5-7(8)9/h6H,3-5H2,1-2H3,(H3,8,9). The van der Waals surface area contributed by atoms with Gasteiger partial charge in [0.2, 0.25) is 0 Å². The van der Waals surface area contributed by atoms with E-state index >= 15 is 0 Å². The van der Waals surface area contributed by atoms with Gasteiger partial charge in [0, 0.05) is 6.42 Å². The van der Waals surface area contributed by atoms with Crippen molar-refractivity contribution in [3.05, 3.63) is 0 Å². The van der Waals surface area contributed by atoms with E-state index in [9.17, 15) is 0 Å². The van der Waals surface area contributed by atoms with Gasteiger partial charge in [-0.3, -0.25) is 5.41 Å². The van der Waals surface area contributed by atoms with Gasteiger partial charge in [-0.25, -0.2) is 0 Å². The molecule has 0 rings (SSSR count). The van der Waals surface area contributed by atoms with Crippen LogP contribution in [-0.4, -0.2) is 5.84 Å². The van der Waals surface area contributed by atoms with Crippen LogP contribution in [0.2, 0.25) is 0 Å². The zero-order chi connectivity index (χ0) is 7.28. The SMILES string of the molecule is CCC(CC)CC(=N)N. The summed E-state index contributed by atoms with van der Waals surface area (Å²) in [5.41, 5.74) is 5.23. The highest BCUT2D eigenvalue weighted by Gasteiger charge is 2.03. The van der Waals surface area contributed by atoms with Crippen molar-refractivity contribution in [3.8, 4) is 0 Å². The maximum Gasteiger partial charge on any atom is 0.0908 e. The van der Waals surface area contributed by atoms with Crippen LogP contribution in [0.5, 0.6) is 0 Å². The molecule has 0 aromatic heterocycles. The number of rotatable bonds is 4. The van der Waals surface area contributed by atoms with Crippen molar-refractivity contribution in [2.24, 2.45) is 11.7 Å². The van der Waals surface area contributed by atoms with E-state index in [1.54, 1.807) is 0 Å². The lowest BCUT2D eigenvalue weighted by Crippen LogP contribution is -2.14. The summed E-state index contributed by atoms with van der Waals surface area (Å²) in [6.07, 6.45) is 3.04. The molecule has 0 atom stereocenters. The summed E-state index contributed by atoms with van der Waals surface area (Å²) in [7, 11) is 0. The Balaban J connectivity index is 3.43. The molecule has 0 aromatic carbocycles. The Morgan fingerprint density at radius 1 is 1.44 bits per heavy atom. The van der Waals surface area contributed by atoms with Crippen LogP contribution >= 0.6 is 0 Å². The van der Waals surface area contributed by atoms with Crippen molar-refractivity contribution in [1.29, 1.82) is 5.41 Å². The molecule has 0 unspecified atom stereocenters. The van der Waals surface area contributed by atoms with Crippen LogP contribution in [0, 0.1) is 11.3 Å². The van der Waals surface area contributed by atoms with Crippen molar-refractivity contribution in [2.45, 2.75) is 33.1 Å². The van der Waals surface area contributed by atoms with Crippen LogP contribution in [0.25, 0.3) is 0 Å². The third-order valence-corrected chi connectivity index (χ3v) is 1.66. The minimum Gasteiger partial charge on any atom is -0.388 e. The lowest BCUT2D eigenvalue weighted by Gasteiger charge is -2.09. The highest BCUT2D eigenvalue weighted by Crippen LogP contribution is 2.10. The van der Waals surface area contributed by atoms with Gasteiger partial charge in [0.05, 0.1) is 5.84 Å².